The van der Waals surface area contributed by atoms with Crippen LogP contribution in [-0.4, -0.2) is 16.5 Å². The molecule has 1 aromatic carbocycles. The molecule has 0 aliphatic carbocycles. The first-order valence-corrected chi connectivity index (χ1v) is 5.87. The van der Waals surface area contributed by atoms with Crippen LogP contribution < -0.4 is 5.73 Å². The van der Waals surface area contributed by atoms with Gasteiger partial charge in [-0.3, -0.25) is 0 Å². The maximum atomic E-state index is 5.50. The molecular formula is C12H12BrN3. The molecular weight excluding hydrogens is 266 g/mol. The maximum absolute atomic E-state index is 5.50. The first kappa shape index (κ1) is 11.2. The summed E-state index contributed by atoms with van der Waals surface area (Å²) in [6.45, 7) is 0.608. The van der Waals surface area contributed by atoms with Gasteiger partial charge < -0.3 is 5.73 Å². The van der Waals surface area contributed by atoms with Crippen LogP contribution in [0.3, 0.4) is 0 Å². The van der Waals surface area contributed by atoms with Gasteiger partial charge >= 0.3 is 0 Å². The lowest BCUT2D eigenvalue weighted by atomic mass is 10.2. The van der Waals surface area contributed by atoms with Crippen molar-refractivity contribution < 1.29 is 0 Å². The highest BCUT2D eigenvalue weighted by molar-refractivity contribution is 9.10. The molecule has 2 N–H and O–H groups in total. The number of nitrogens with two attached hydrogens (primary N) is 1. The van der Waals surface area contributed by atoms with Crippen molar-refractivity contribution in [2.75, 3.05) is 6.54 Å². The molecule has 1 heterocycles. The van der Waals surface area contributed by atoms with E-state index in [1.54, 1.807) is 6.20 Å². The van der Waals surface area contributed by atoms with Crippen LogP contribution in [0, 0.1) is 0 Å². The molecule has 0 unspecified atom stereocenters. The van der Waals surface area contributed by atoms with Crippen molar-refractivity contribution in [2.45, 2.75) is 6.42 Å². The molecule has 4 heteroatoms. The van der Waals surface area contributed by atoms with Gasteiger partial charge in [0.2, 0.25) is 0 Å². The topological polar surface area (TPSA) is 51.8 Å². The van der Waals surface area contributed by atoms with Crippen molar-refractivity contribution in [1.29, 1.82) is 0 Å². The largest absolute Gasteiger partial charge is 0.330 e. The van der Waals surface area contributed by atoms with Gasteiger partial charge in [-0.25, -0.2) is 9.97 Å². The second-order valence-electron chi connectivity index (χ2n) is 3.42. The number of benzene rings is 1. The molecule has 0 amide bonds. The highest BCUT2D eigenvalue weighted by Crippen LogP contribution is 2.18. The van der Waals surface area contributed by atoms with Crippen molar-refractivity contribution in [3.05, 3.63) is 46.7 Å². The number of nitrogens with zero attached hydrogens (tertiary/aromatic N) is 2. The van der Waals surface area contributed by atoms with E-state index in [1.165, 1.54) is 0 Å². The fourth-order valence-corrected chi connectivity index (χ4v) is 1.69. The van der Waals surface area contributed by atoms with Crippen LogP contribution in [0.1, 0.15) is 5.69 Å². The first-order valence-electron chi connectivity index (χ1n) is 5.07. The van der Waals surface area contributed by atoms with Gasteiger partial charge in [0.1, 0.15) is 0 Å². The van der Waals surface area contributed by atoms with Crippen molar-refractivity contribution >= 4 is 15.9 Å². The molecule has 0 fully saturated rings. The van der Waals surface area contributed by atoms with Crippen molar-refractivity contribution in [3.63, 3.8) is 0 Å². The van der Waals surface area contributed by atoms with E-state index in [0.29, 0.717) is 6.54 Å². The number of hydrogen-bond acceptors (Lipinski definition) is 3. The Kier molecular flexibility index (Phi) is 3.64. The molecule has 0 spiro atoms. The minimum atomic E-state index is 0.608. The Labute approximate surface area is 103 Å². The molecule has 82 valence electrons. The van der Waals surface area contributed by atoms with E-state index in [2.05, 4.69) is 25.9 Å². The molecule has 0 atom stereocenters. The molecule has 0 saturated carbocycles. The third-order valence-electron chi connectivity index (χ3n) is 2.22. The standard InChI is InChI=1S/C12H12BrN3/c13-10-3-1-9(2-4-10)12-15-8-6-11(16-12)5-7-14/h1-4,6,8H,5,7,14H2. The maximum Gasteiger partial charge on any atom is 0.159 e. The molecule has 0 radical (unpaired) electrons. The minimum absolute atomic E-state index is 0.608. The lowest BCUT2D eigenvalue weighted by Crippen LogP contribution is -2.05. The molecule has 0 bridgehead atoms. The zero-order valence-corrected chi connectivity index (χ0v) is 10.3. The van der Waals surface area contributed by atoms with Crippen molar-refractivity contribution in [1.82, 2.24) is 9.97 Å². The van der Waals surface area contributed by atoms with Gasteiger partial charge in [-0.1, -0.05) is 28.1 Å². The van der Waals surface area contributed by atoms with E-state index >= 15 is 0 Å². The van der Waals surface area contributed by atoms with Crippen molar-refractivity contribution in [2.24, 2.45) is 5.73 Å². The Morgan fingerprint density at radius 1 is 1.12 bits per heavy atom. The molecule has 0 aliphatic rings. The summed E-state index contributed by atoms with van der Waals surface area (Å²) in [7, 11) is 0. The Hall–Kier alpha value is -1.26. The van der Waals surface area contributed by atoms with E-state index in [9.17, 15) is 0 Å². The zero-order valence-electron chi connectivity index (χ0n) is 8.73. The second-order valence-corrected chi connectivity index (χ2v) is 4.33. The smallest absolute Gasteiger partial charge is 0.159 e. The average Bonchev–Trinajstić information content (AvgIpc) is 2.31. The Morgan fingerprint density at radius 2 is 1.88 bits per heavy atom. The van der Waals surface area contributed by atoms with Gasteiger partial charge in [0.15, 0.2) is 5.82 Å². The van der Waals surface area contributed by atoms with Gasteiger partial charge in [-0.05, 0) is 24.7 Å². The molecule has 1 aromatic heterocycles. The monoisotopic (exact) mass is 277 g/mol. The predicted molar refractivity (Wildman–Crippen MR) is 67.9 cm³/mol. The van der Waals surface area contributed by atoms with E-state index in [1.807, 2.05) is 30.3 Å². The average molecular weight is 278 g/mol. The van der Waals surface area contributed by atoms with Gasteiger partial charge in [0.05, 0.1) is 0 Å². The zero-order chi connectivity index (χ0) is 11.4. The third-order valence-corrected chi connectivity index (χ3v) is 2.74. The first-order chi connectivity index (χ1) is 7.79. The van der Waals surface area contributed by atoms with E-state index in [-0.39, 0.29) is 0 Å². The lowest BCUT2D eigenvalue weighted by Gasteiger charge is -2.02. The molecule has 2 rings (SSSR count). The quantitative estimate of drug-likeness (QED) is 0.938. The lowest BCUT2D eigenvalue weighted by molar-refractivity contribution is 0.913. The fraction of sp³-hybridized carbons (Fsp3) is 0.167. The summed E-state index contributed by atoms with van der Waals surface area (Å²) >= 11 is 3.40. The molecule has 3 nitrogen and oxygen atoms in total. The van der Waals surface area contributed by atoms with E-state index < -0.39 is 0 Å². The van der Waals surface area contributed by atoms with Crippen molar-refractivity contribution in [3.8, 4) is 11.4 Å². The Balaban J connectivity index is 2.32. The van der Waals surface area contributed by atoms with Crippen LogP contribution in [0.25, 0.3) is 11.4 Å². The van der Waals surface area contributed by atoms with E-state index in [4.69, 9.17) is 5.73 Å². The summed E-state index contributed by atoms with van der Waals surface area (Å²) in [4.78, 5) is 8.71. The minimum Gasteiger partial charge on any atom is -0.330 e. The normalized spacial score (nSPS) is 10.4. The summed E-state index contributed by atoms with van der Waals surface area (Å²) in [6.07, 6.45) is 2.56. The predicted octanol–water partition coefficient (Wildman–Crippen LogP) is 2.41. The van der Waals surface area contributed by atoms with Crippen LogP contribution in [-0.2, 0) is 6.42 Å². The highest BCUT2D eigenvalue weighted by Gasteiger charge is 2.01. The Bertz CT molecular complexity index is 468. The van der Waals surface area contributed by atoms with Gasteiger partial charge in [0, 0.05) is 28.3 Å². The second kappa shape index (κ2) is 5.18. The number of aromatic nitrogens is 2. The summed E-state index contributed by atoms with van der Waals surface area (Å²) in [5, 5.41) is 0. The molecule has 0 saturated heterocycles. The van der Waals surface area contributed by atoms with Gasteiger partial charge in [0.25, 0.3) is 0 Å². The fourth-order valence-electron chi connectivity index (χ4n) is 1.42. The summed E-state index contributed by atoms with van der Waals surface area (Å²) in [5.74, 6) is 0.749. The number of halogens is 1. The molecule has 0 aliphatic heterocycles. The summed E-state index contributed by atoms with van der Waals surface area (Å²) < 4.78 is 1.05. The number of hydrogen-bond donors (Lipinski definition) is 1. The van der Waals surface area contributed by atoms with Crippen LogP contribution in [0.5, 0.6) is 0 Å². The highest BCUT2D eigenvalue weighted by atomic mass is 79.9. The van der Waals surface area contributed by atoms with Crippen LogP contribution >= 0.6 is 15.9 Å². The Morgan fingerprint density at radius 3 is 2.56 bits per heavy atom. The molecule has 16 heavy (non-hydrogen) atoms. The third kappa shape index (κ3) is 2.65. The van der Waals surface area contributed by atoms with Gasteiger partial charge in [-0.2, -0.15) is 0 Å². The molecule has 2 aromatic rings. The summed E-state index contributed by atoms with van der Waals surface area (Å²) in [5.41, 5.74) is 7.50. The van der Waals surface area contributed by atoms with Gasteiger partial charge in [-0.15, -0.1) is 0 Å². The van der Waals surface area contributed by atoms with Crippen LogP contribution in [0.15, 0.2) is 41.0 Å². The van der Waals surface area contributed by atoms with Crippen LogP contribution in [0.4, 0.5) is 0 Å². The van der Waals surface area contributed by atoms with E-state index in [0.717, 1.165) is 28.0 Å². The van der Waals surface area contributed by atoms with Crippen LogP contribution in [0.2, 0.25) is 0 Å². The number of rotatable bonds is 3. The summed E-state index contributed by atoms with van der Waals surface area (Å²) in [6, 6.07) is 9.84. The SMILES string of the molecule is NCCc1ccnc(-c2ccc(Br)cc2)n1.